The second-order valence-corrected chi connectivity index (χ2v) is 2.15. The molecule has 0 unspecified atom stereocenters. The minimum atomic E-state index is 0.306. The molecule has 0 bridgehead atoms. The molecule has 0 radical (unpaired) electrons. The molecule has 52 valence electrons. The van der Waals surface area contributed by atoms with Gasteiger partial charge in [0.05, 0.1) is 7.11 Å². The molecule has 0 atom stereocenters. The van der Waals surface area contributed by atoms with Crippen molar-refractivity contribution in [1.82, 2.24) is 0 Å². The first kappa shape index (κ1) is 7.00. The third-order valence-electron chi connectivity index (χ3n) is 1.40. The lowest BCUT2D eigenvalue weighted by molar-refractivity contribution is 0.413. The third-order valence-corrected chi connectivity index (χ3v) is 1.40. The van der Waals surface area contributed by atoms with Crippen LogP contribution in [0, 0.1) is 0 Å². The van der Waals surface area contributed by atoms with Crippen molar-refractivity contribution in [3.63, 3.8) is 0 Å². The molecule has 1 N–H and O–H groups in total. The van der Waals surface area contributed by atoms with Gasteiger partial charge in [-0.05, 0) is 23.7 Å². The molecule has 2 nitrogen and oxygen atoms in total. The Hall–Kier alpha value is -1.12. The monoisotopic (exact) mass is 136 g/mol. The van der Waals surface area contributed by atoms with Crippen molar-refractivity contribution in [2.45, 2.75) is 0 Å². The Balaban J connectivity index is 3.04. The van der Waals surface area contributed by atoms with Gasteiger partial charge in [-0.2, -0.15) is 0 Å². The maximum absolute atomic E-state index is 9.08. The lowest BCUT2D eigenvalue weighted by Crippen LogP contribution is -2.02. The van der Waals surface area contributed by atoms with Crippen LogP contribution in [-0.2, 0) is 0 Å². The smallest absolute Gasteiger partial charge is 0.144 e. The Labute approximate surface area is 60.9 Å². The van der Waals surface area contributed by atoms with E-state index in [1.54, 1.807) is 25.3 Å². The number of phenols is 1. The molecule has 1 aromatic rings. The summed E-state index contributed by atoms with van der Waals surface area (Å²) in [5, 5.41) is 9.08. The molecule has 0 aliphatic heterocycles. The van der Waals surface area contributed by atoms with Crippen LogP contribution in [-0.4, -0.2) is 20.1 Å². The SMILES string of the molecule is Bc1cc(OC)ccc1O. The molecule has 0 spiro atoms. The standard InChI is InChI=1S/C7H9BO2/c1-10-5-2-3-7(9)6(8)4-5/h2-4,9H,8H2,1H3. The van der Waals surface area contributed by atoms with E-state index in [-0.39, 0.29) is 0 Å². The zero-order valence-electron chi connectivity index (χ0n) is 6.09. The summed E-state index contributed by atoms with van der Waals surface area (Å²) in [6.45, 7) is 0. The van der Waals surface area contributed by atoms with Gasteiger partial charge in [0.25, 0.3) is 0 Å². The molecule has 0 fully saturated rings. The molecule has 0 aromatic heterocycles. The molecule has 3 heteroatoms. The van der Waals surface area contributed by atoms with Crippen molar-refractivity contribution in [1.29, 1.82) is 0 Å². The van der Waals surface area contributed by atoms with E-state index in [0.29, 0.717) is 5.75 Å². The molecular formula is C7H9BO2. The average molecular weight is 136 g/mol. The average Bonchev–Trinajstić information content (AvgIpc) is 1.95. The van der Waals surface area contributed by atoms with E-state index in [4.69, 9.17) is 9.84 Å². The topological polar surface area (TPSA) is 29.5 Å². The van der Waals surface area contributed by atoms with Crippen LogP contribution in [0.5, 0.6) is 11.5 Å². The zero-order chi connectivity index (χ0) is 7.56. The minimum absolute atomic E-state index is 0.306. The van der Waals surface area contributed by atoms with Gasteiger partial charge in [0.15, 0.2) is 0 Å². The van der Waals surface area contributed by atoms with Crippen LogP contribution in [0.3, 0.4) is 0 Å². The second kappa shape index (κ2) is 2.65. The second-order valence-electron chi connectivity index (χ2n) is 2.15. The molecule has 0 heterocycles. The fraction of sp³-hybridized carbons (Fsp3) is 0.143. The molecular weight excluding hydrogens is 127 g/mol. The Kier molecular flexibility index (Phi) is 1.85. The number of methoxy groups -OCH3 is 1. The van der Waals surface area contributed by atoms with Crippen LogP contribution in [0.2, 0.25) is 0 Å². The van der Waals surface area contributed by atoms with Crippen molar-refractivity contribution in [2.24, 2.45) is 0 Å². The van der Waals surface area contributed by atoms with E-state index in [0.717, 1.165) is 11.2 Å². The van der Waals surface area contributed by atoms with Crippen LogP contribution >= 0.6 is 0 Å². The Morgan fingerprint density at radius 3 is 2.70 bits per heavy atom. The number of ether oxygens (including phenoxy) is 1. The first-order valence-corrected chi connectivity index (χ1v) is 3.07. The van der Waals surface area contributed by atoms with E-state index in [1.807, 2.05) is 7.85 Å². The van der Waals surface area contributed by atoms with Crippen LogP contribution < -0.4 is 10.2 Å². The minimum Gasteiger partial charge on any atom is -0.509 e. The van der Waals surface area contributed by atoms with E-state index in [9.17, 15) is 0 Å². The van der Waals surface area contributed by atoms with Crippen LogP contribution in [0.25, 0.3) is 0 Å². The number of phenolic OH excluding ortho intramolecular Hbond substituents is 1. The number of benzene rings is 1. The fourth-order valence-corrected chi connectivity index (χ4v) is 0.755. The number of rotatable bonds is 1. The summed E-state index contributed by atoms with van der Waals surface area (Å²) in [6, 6.07) is 5.13. The van der Waals surface area contributed by atoms with Crippen molar-refractivity contribution in [3.8, 4) is 11.5 Å². The highest BCUT2D eigenvalue weighted by Gasteiger charge is 1.95. The van der Waals surface area contributed by atoms with Crippen LogP contribution in [0.1, 0.15) is 0 Å². The Morgan fingerprint density at radius 1 is 1.50 bits per heavy atom. The van der Waals surface area contributed by atoms with E-state index in [1.165, 1.54) is 0 Å². The van der Waals surface area contributed by atoms with Crippen LogP contribution in [0.4, 0.5) is 0 Å². The van der Waals surface area contributed by atoms with Gasteiger partial charge in [0.2, 0.25) is 0 Å². The van der Waals surface area contributed by atoms with E-state index in [2.05, 4.69) is 0 Å². The number of hydrogen-bond donors (Lipinski definition) is 1. The van der Waals surface area contributed by atoms with Crippen molar-refractivity contribution >= 4 is 13.3 Å². The van der Waals surface area contributed by atoms with Crippen molar-refractivity contribution < 1.29 is 9.84 Å². The molecule has 0 aliphatic rings. The molecule has 0 aliphatic carbocycles. The van der Waals surface area contributed by atoms with E-state index >= 15 is 0 Å². The Bertz CT molecular complexity index is 235. The highest BCUT2D eigenvalue weighted by molar-refractivity contribution is 6.34. The first-order valence-electron chi connectivity index (χ1n) is 3.07. The molecule has 0 saturated carbocycles. The predicted octanol–water partition coefficient (Wildman–Crippen LogP) is -0.341. The number of hydrogen-bond acceptors (Lipinski definition) is 2. The normalized spacial score (nSPS) is 9.30. The maximum Gasteiger partial charge on any atom is 0.144 e. The maximum atomic E-state index is 9.08. The quantitative estimate of drug-likeness (QED) is 0.535. The summed E-state index contributed by atoms with van der Waals surface area (Å²) in [4.78, 5) is 0. The highest BCUT2D eigenvalue weighted by Crippen LogP contribution is 2.11. The van der Waals surface area contributed by atoms with Gasteiger partial charge < -0.3 is 9.84 Å². The first-order chi connectivity index (χ1) is 4.74. The number of aromatic hydroxyl groups is 1. The van der Waals surface area contributed by atoms with Gasteiger partial charge in [-0.1, -0.05) is 0 Å². The highest BCUT2D eigenvalue weighted by atomic mass is 16.5. The molecule has 1 rings (SSSR count). The van der Waals surface area contributed by atoms with Crippen molar-refractivity contribution in [2.75, 3.05) is 7.11 Å². The predicted molar refractivity (Wildman–Crippen MR) is 42.8 cm³/mol. The van der Waals surface area contributed by atoms with Gasteiger partial charge >= 0.3 is 0 Å². The molecule has 0 amide bonds. The van der Waals surface area contributed by atoms with Gasteiger partial charge in [-0.3, -0.25) is 0 Å². The van der Waals surface area contributed by atoms with Gasteiger partial charge in [-0.25, -0.2) is 0 Å². The summed E-state index contributed by atoms with van der Waals surface area (Å²) in [6.07, 6.45) is 0. The summed E-state index contributed by atoms with van der Waals surface area (Å²) < 4.78 is 4.94. The van der Waals surface area contributed by atoms with Crippen molar-refractivity contribution in [3.05, 3.63) is 18.2 Å². The molecule has 0 saturated heterocycles. The molecule has 10 heavy (non-hydrogen) atoms. The van der Waals surface area contributed by atoms with Crippen LogP contribution in [0.15, 0.2) is 18.2 Å². The molecule has 1 aromatic carbocycles. The largest absolute Gasteiger partial charge is 0.509 e. The summed E-state index contributed by atoms with van der Waals surface area (Å²) in [7, 11) is 3.43. The van der Waals surface area contributed by atoms with E-state index < -0.39 is 0 Å². The fourth-order valence-electron chi connectivity index (χ4n) is 0.755. The Morgan fingerprint density at radius 2 is 2.20 bits per heavy atom. The lowest BCUT2D eigenvalue weighted by atomic mass is 9.95. The van der Waals surface area contributed by atoms with Gasteiger partial charge in [-0.15, -0.1) is 0 Å². The van der Waals surface area contributed by atoms with Gasteiger partial charge in [0, 0.05) is 0 Å². The third kappa shape index (κ3) is 1.24. The summed E-state index contributed by atoms with van der Waals surface area (Å²) >= 11 is 0. The zero-order valence-corrected chi connectivity index (χ0v) is 6.09. The van der Waals surface area contributed by atoms with Gasteiger partial charge in [0.1, 0.15) is 19.3 Å². The summed E-state index contributed by atoms with van der Waals surface area (Å²) in [5.74, 6) is 1.08. The lowest BCUT2D eigenvalue weighted by Gasteiger charge is -2.01. The summed E-state index contributed by atoms with van der Waals surface area (Å²) in [5.41, 5.74) is 0.833.